The van der Waals surface area contributed by atoms with E-state index in [4.69, 9.17) is 4.74 Å². The molecule has 1 aliphatic rings. The molecule has 0 aromatic heterocycles. The maximum absolute atomic E-state index is 12.3. The summed E-state index contributed by atoms with van der Waals surface area (Å²) in [5, 5.41) is 10.4. The van der Waals surface area contributed by atoms with Crippen LogP contribution in [0.25, 0.3) is 0 Å². The van der Waals surface area contributed by atoms with Crippen molar-refractivity contribution in [3.63, 3.8) is 0 Å². The first-order valence-electron chi connectivity index (χ1n) is 8.29. The fourth-order valence-electron chi connectivity index (χ4n) is 2.76. The topological polar surface area (TPSA) is 53.0 Å². The maximum atomic E-state index is 12.3. The van der Waals surface area contributed by atoms with Gasteiger partial charge in [-0.05, 0) is 25.8 Å². The van der Waals surface area contributed by atoms with Crippen LogP contribution in [0, 0.1) is 0 Å². The van der Waals surface area contributed by atoms with Gasteiger partial charge in [0.2, 0.25) is 5.91 Å². The average Bonchev–Trinajstić information content (AvgIpc) is 2.56. The summed E-state index contributed by atoms with van der Waals surface area (Å²) in [5.41, 5.74) is 0.906. The number of likely N-dealkylation sites (N-methyl/N-ethyl adjacent to an activating group) is 1. The van der Waals surface area contributed by atoms with Gasteiger partial charge in [0.05, 0.1) is 25.9 Å². The molecule has 2 rings (SSSR count). The molecule has 5 nitrogen and oxygen atoms in total. The van der Waals surface area contributed by atoms with Crippen LogP contribution in [0.5, 0.6) is 0 Å². The van der Waals surface area contributed by atoms with Crippen molar-refractivity contribution in [1.29, 1.82) is 0 Å². The predicted molar refractivity (Wildman–Crippen MR) is 90.1 cm³/mol. The van der Waals surface area contributed by atoms with Crippen LogP contribution in [0.4, 0.5) is 0 Å². The zero-order chi connectivity index (χ0) is 16.8. The molecule has 2 unspecified atom stereocenters. The normalized spacial score (nSPS) is 20.5. The Labute approximate surface area is 138 Å². The van der Waals surface area contributed by atoms with E-state index >= 15 is 0 Å². The number of amides is 1. The van der Waals surface area contributed by atoms with Crippen LogP contribution in [0.15, 0.2) is 30.3 Å². The van der Waals surface area contributed by atoms with Crippen LogP contribution in [0.3, 0.4) is 0 Å². The van der Waals surface area contributed by atoms with E-state index in [1.807, 2.05) is 51.2 Å². The zero-order valence-corrected chi connectivity index (χ0v) is 14.3. The average molecular weight is 320 g/mol. The number of hydrogen-bond acceptors (Lipinski definition) is 4. The first kappa shape index (κ1) is 17.9. The van der Waals surface area contributed by atoms with Crippen LogP contribution < -0.4 is 0 Å². The summed E-state index contributed by atoms with van der Waals surface area (Å²) in [4.78, 5) is 16.2. The van der Waals surface area contributed by atoms with E-state index in [2.05, 4.69) is 4.90 Å². The number of ether oxygens (including phenoxy) is 1. The lowest BCUT2D eigenvalue weighted by atomic mass is 10.0. The summed E-state index contributed by atoms with van der Waals surface area (Å²) in [7, 11) is 1.83. The molecule has 23 heavy (non-hydrogen) atoms. The summed E-state index contributed by atoms with van der Waals surface area (Å²) < 4.78 is 5.56. The standard InChI is InChI=1S/C18H28N2O3/c1-14(2)19(3)18(22)12-20-9-10-23-13-16(20)11-17(21)15-7-5-4-6-8-15/h4-8,14,16-17,21H,9-13H2,1-3H3. The van der Waals surface area contributed by atoms with E-state index in [-0.39, 0.29) is 18.0 Å². The Kier molecular flexibility index (Phi) is 6.57. The van der Waals surface area contributed by atoms with Crippen molar-refractivity contribution in [2.24, 2.45) is 0 Å². The maximum Gasteiger partial charge on any atom is 0.236 e. The van der Waals surface area contributed by atoms with E-state index in [9.17, 15) is 9.90 Å². The van der Waals surface area contributed by atoms with Crippen LogP contribution in [0.1, 0.15) is 31.9 Å². The van der Waals surface area contributed by atoms with Gasteiger partial charge in [-0.2, -0.15) is 0 Å². The zero-order valence-electron chi connectivity index (χ0n) is 14.3. The Morgan fingerprint density at radius 3 is 2.74 bits per heavy atom. The van der Waals surface area contributed by atoms with Crippen molar-refractivity contribution >= 4 is 5.91 Å². The highest BCUT2D eigenvalue weighted by atomic mass is 16.5. The van der Waals surface area contributed by atoms with Crippen molar-refractivity contribution in [3.8, 4) is 0 Å². The largest absolute Gasteiger partial charge is 0.388 e. The van der Waals surface area contributed by atoms with Crippen molar-refractivity contribution in [2.45, 2.75) is 38.5 Å². The summed E-state index contributed by atoms with van der Waals surface area (Å²) >= 11 is 0. The molecule has 1 N–H and O–H groups in total. The van der Waals surface area contributed by atoms with Gasteiger partial charge in [0.15, 0.2) is 0 Å². The molecular weight excluding hydrogens is 292 g/mol. The van der Waals surface area contributed by atoms with Crippen molar-refractivity contribution in [3.05, 3.63) is 35.9 Å². The van der Waals surface area contributed by atoms with Gasteiger partial charge in [-0.3, -0.25) is 9.69 Å². The lowest BCUT2D eigenvalue weighted by molar-refractivity contribution is -0.135. The quantitative estimate of drug-likeness (QED) is 0.866. The van der Waals surface area contributed by atoms with Gasteiger partial charge in [0.1, 0.15) is 0 Å². The minimum absolute atomic E-state index is 0.0588. The fraction of sp³-hybridized carbons (Fsp3) is 0.611. The smallest absolute Gasteiger partial charge is 0.236 e. The molecule has 128 valence electrons. The Bertz CT molecular complexity index is 492. The molecule has 5 heteroatoms. The van der Waals surface area contributed by atoms with Crippen molar-refractivity contribution < 1.29 is 14.6 Å². The fourth-order valence-corrected chi connectivity index (χ4v) is 2.76. The minimum atomic E-state index is -0.539. The minimum Gasteiger partial charge on any atom is -0.388 e. The lowest BCUT2D eigenvalue weighted by Gasteiger charge is -2.37. The molecule has 0 radical (unpaired) electrons. The van der Waals surface area contributed by atoms with E-state index in [0.29, 0.717) is 26.2 Å². The summed E-state index contributed by atoms with van der Waals surface area (Å²) in [5.74, 6) is 0.112. The third-order valence-electron chi connectivity index (χ3n) is 4.54. The van der Waals surface area contributed by atoms with E-state index in [1.54, 1.807) is 4.90 Å². The van der Waals surface area contributed by atoms with Gasteiger partial charge < -0.3 is 14.7 Å². The molecule has 1 heterocycles. The Morgan fingerprint density at radius 1 is 1.39 bits per heavy atom. The number of aliphatic hydroxyl groups excluding tert-OH is 1. The van der Waals surface area contributed by atoms with Crippen LogP contribution >= 0.6 is 0 Å². The molecule has 0 bridgehead atoms. The molecule has 1 fully saturated rings. The molecule has 1 aromatic rings. The number of nitrogens with zero attached hydrogens (tertiary/aromatic N) is 2. The van der Waals surface area contributed by atoms with Crippen molar-refractivity contribution in [1.82, 2.24) is 9.80 Å². The predicted octanol–water partition coefficient (Wildman–Crippen LogP) is 1.68. The highest BCUT2D eigenvalue weighted by Crippen LogP contribution is 2.22. The number of benzene rings is 1. The molecule has 1 aromatic carbocycles. The van der Waals surface area contributed by atoms with Crippen LogP contribution in [-0.4, -0.2) is 66.2 Å². The molecule has 0 saturated carbocycles. The number of carbonyl (C=O) groups is 1. The highest BCUT2D eigenvalue weighted by molar-refractivity contribution is 5.78. The molecule has 0 aliphatic carbocycles. The lowest BCUT2D eigenvalue weighted by Crippen LogP contribution is -2.51. The monoisotopic (exact) mass is 320 g/mol. The third-order valence-corrected chi connectivity index (χ3v) is 4.54. The Hall–Kier alpha value is -1.43. The SMILES string of the molecule is CC(C)N(C)C(=O)CN1CCOCC1CC(O)c1ccccc1. The second kappa shape index (κ2) is 8.43. The molecule has 2 atom stereocenters. The third kappa shape index (κ3) is 5.03. The summed E-state index contributed by atoms with van der Waals surface area (Å²) in [6.07, 6.45) is 0.0335. The van der Waals surface area contributed by atoms with Gasteiger partial charge in [-0.15, -0.1) is 0 Å². The van der Waals surface area contributed by atoms with E-state index < -0.39 is 6.10 Å². The molecule has 1 aliphatic heterocycles. The number of rotatable bonds is 6. The Balaban J connectivity index is 1.97. The van der Waals surface area contributed by atoms with Gasteiger partial charge in [-0.25, -0.2) is 0 Å². The number of morpholine rings is 1. The van der Waals surface area contributed by atoms with Gasteiger partial charge in [-0.1, -0.05) is 30.3 Å². The molecule has 1 saturated heterocycles. The summed E-state index contributed by atoms with van der Waals surface area (Å²) in [6, 6.07) is 9.89. The second-order valence-corrected chi connectivity index (χ2v) is 6.46. The summed E-state index contributed by atoms with van der Waals surface area (Å²) in [6.45, 7) is 6.31. The molecular formula is C18H28N2O3. The Morgan fingerprint density at radius 2 is 2.09 bits per heavy atom. The first-order chi connectivity index (χ1) is 11.0. The molecule has 0 spiro atoms. The first-order valence-corrected chi connectivity index (χ1v) is 8.29. The molecule has 1 amide bonds. The number of hydrogen-bond donors (Lipinski definition) is 1. The number of aliphatic hydroxyl groups is 1. The highest BCUT2D eigenvalue weighted by Gasteiger charge is 2.28. The van der Waals surface area contributed by atoms with Crippen LogP contribution in [-0.2, 0) is 9.53 Å². The second-order valence-electron chi connectivity index (χ2n) is 6.46. The van der Waals surface area contributed by atoms with Gasteiger partial charge >= 0.3 is 0 Å². The van der Waals surface area contributed by atoms with E-state index in [1.165, 1.54) is 0 Å². The van der Waals surface area contributed by atoms with E-state index in [0.717, 1.165) is 12.1 Å². The van der Waals surface area contributed by atoms with Crippen LogP contribution in [0.2, 0.25) is 0 Å². The van der Waals surface area contributed by atoms with Gasteiger partial charge in [0.25, 0.3) is 0 Å². The van der Waals surface area contributed by atoms with Crippen molar-refractivity contribution in [2.75, 3.05) is 33.4 Å². The van der Waals surface area contributed by atoms with Gasteiger partial charge in [0, 0.05) is 25.7 Å². The number of carbonyl (C=O) groups excluding carboxylic acids is 1.